The molecule has 0 spiro atoms. The summed E-state index contributed by atoms with van der Waals surface area (Å²) >= 11 is 1.53. The predicted octanol–water partition coefficient (Wildman–Crippen LogP) is 4.17. The van der Waals surface area contributed by atoms with Crippen LogP contribution in [0.2, 0.25) is 0 Å². The van der Waals surface area contributed by atoms with Crippen molar-refractivity contribution in [2.75, 3.05) is 11.4 Å². The average Bonchev–Trinajstić information content (AvgIpc) is 3.02. The maximum Gasteiger partial charge on any atom is 0.263 e. The molecule has 0 aliphatic heterocycles. The van der Waals surface area contributed by atoms with Gasteiger partial charge in [0.25, 0.3) is 5.91 Å². The maximum atomic E-state index is 12.7. The second-order valence-electron chi connectivity index (χ2n) is 4.84. The van der Waals surface area contributed by atoms with Gasteiger partial charge < -0.3 is 4.42 Å². The van der Waals surface area contributed by atoms with Gasteiger partial charge in [0.2, 0.25) is 0 Å². The van der Waals surface area contributed by atoms with Crippen molar-refractivity contribution in [1.29, 1.82) is 0 Å². The number of amides is 1. The van der Waals surface area contributed by atoms with E-state index < -0.39 is 0 Å². The number of thiazole rings is 1. The molecule has 108 valence electrons. The van der Waals surface area contributed by atoms with Gasteiger partial charge in [0.1, 0.15) is 11.5 Å². The first-order chi connectivity index (χ1) is 10.1. The fourth-order valence-corrected chi connectivity index (χ4v) is 3.36. The zero-order valence-electron chi connectivity index (χ0n) is 12.2. The highest BCUT2D eigenvalue weighted by atomic mass is 32.1. The summed E-state index contributed by atoms with van der Waals surface area (Å²) in [6, 6.07) is 9.69. The van der Waals surface area contributed by atoms with Gasteiger partial charge in [-0.2, -0.15) is 0 Å². The number of fused-ring (bicyclic) bond motifs is 1. The summed E-state index contributed by atoms with van der Waals surface area (Å²) in [5, 5.41) is 0.724. The van der Waals surface area contributed by atoms with Crippen LogP contribution in [0.25, 0.3) is 10.2 Å². The molecule has 0 radical (unpaired) electrons. The second-order valence-corrected chi connectivity index (χ2v) is 5.85. The van der Waals surface area contributed by atoms with Crippen molar-refractivity contribution < 1.29 is 9.21 Å². The molecule has 2 aromatic heterocycles. The molecule has 0 fully saturated rings. The van der Waals surface area contributed by atoms with Crippen LogP contribution in [-0.4, -0.2) is 17.4 Å². The number of carbonyl (C=O) groups excluding carboxylic acids is 1. The highest BCUT2D eigenvalue weighted by Crippen LogP contribution is 2.30. The third kappa shape index (κ3) is 2.45. The van der Waals surface area contributed by atoms with Gasteiger partial charge in [0, 0.05) is 6.54 Å². The molecule has 1 aromatic carbocycles. The van der Waals surface area contributed by atoms with E-state index in [1.165, 1.54) is 11.3 Å². The van der Waals surface area contributed by atoms with E-state index >= 15 is 0 Å². The van der Waals surface area contributed by atoms with Gasteiger partial charge in [0.15, 0.2) is 5.13 Å². The molecule has 21 heavy (non-hydrogen) atoms. The number of carbonyl (C=O) groups is 1. The average molecular weight is 300 g/mol. The van der Waals surface area contributed by atoms with E-state index in [0.717, 1.165) is 21.1 Å². The Hall–Kier alpha value is -2.14. The SMILES string of the molecule is CCN(C(=O)c1cc(C)oc1C)c1nc2ccccc2s1. The van der Waals surface area contributed by atoms with Gasteiger partial charge in [-0.15, -0.1) is 0 Å². The molecule has 3 aromatic rings. The first-order valence-electron chi connectivity index (χ1n) is 6.84. The lowest BCUT2D eigenvalue weighted by Gasteiger charge is -2.16. The van der Waals surface area contributed by atoms with E-state index in [1.807, 2.05) is 45.0 Å². The van der Waals surface area contributed by atoms with E-state index in [0.29, 0.717) is 17.9 Å². The Balaban J connectivity index is 2.01. The number of rotatable bonds is 3. The van der Waals surface area contributed by atoms with Gasteiger partial charge in [-0.1, -0.05) is 23.5 Å². The number of hydrogen-bond donors (Lipinski definition) is 0. The third-order valence-corrected chi connectivity index (χ3v) is 4.41. The van der Waals surface area contributed by atoms with Crippen LogP contribution < -0.4 is 4.90 Å². The van der Waals surface area contributed by atoms with Gasteiger partial charge in [-0.3, -0.25) is 9.69 Å². The number of benzene rings is 1. The lowest BCUT2D eigenvalue weighted by molar-refractivity contribution is 0.0987. The quantitative estimate of drug-likeness (QED) is 0.729. The number of furan rings is 1. The molecule has 0 atom stereocenters. The van der Waals surface area contributed by atoms with Crippen molar-refractivity contribution in [3.63, 3.8) is 0 Å². The van der Waals surface area contributed by atoms with E-state index in [2.05, 4.69) is 4.98 Å². The summed E-state index contributed by atoms with van der Waals surface area (Å²) in [5.74, 6) is 1.33. The third-order valence-electron chi connectivity index (χ3n) is 3.35. The van der Waals surface area contributed by atoms with Crippen molar-refractivity contribution in [1.82, 2.24) is 4.98 Å². The molecule has 5 heteroatoms. The van der Waals surface area contributed by atoms with Crippen LogP contribution in [0.1, 0.15) is 28.8 Å². The van der Waals surface area contributed by atoms with E-state index in [-0.39, 0.29) is 5.91 Å². The smallest absolute Gasteiger partial charge is 0.263 e. The van der Waals surface area contributed by atoms with Gasteiger partial charge in [0.05, 0.1) is 15.8 Å². The molecule has 4 nitrogen and oxygen atoms in total. The second kappa shape index (κ2) is 5.33. The molecule has 0 aliphatic carbocycles. The zero-order valence-corrected chi connectivity index (χ0v) is 13.0. The Morgan fingerprint density at radius 3 is 2.71 bits per heavy atom. The van der Waals surface area contributed by atoms with Crippen LogP contribution in [0, 0.1) is 13.8 Å². The first-order valence-corrected chi connectivity index (χ1v) is 7.66. The van der Waals surface area contributed by atoms with Crippen LogP contribution in [0.3, 0.4) is 0 Å². The topological polar surface area (TPSA) is 46.3 Å². The normalized spacial score (nSPS) is 11.0. The molecule has 2 heterocycles. The summed E-state index contributed by atoms with van der Waals surface area (Å²) < 4.78 is 6.54. The van der Waals surface area contributed by atoms with Crippen LogP contribution in [-0.2, 0) is 0 Å². The molecule has 0 saturated heterocycles. The number of hydrogen-bond acceptors (Lipinski definition) is 4. The number of para-hydroxylation sites is 1. The molecule has 1 amide bonds. The Bertz CT molecular complexity index is 771. The maximum absolute atomic E-state index is 12.7. The number of aromatic nitrogens is 1. The lowest BCUT2D eigenvalue weighted by atomic mass is 10.2. The van der Waals surface area contributed by atoms with E-state index in [4.69, 9.17) is 4.42 Å². The zero-order chi connectivity index (χ0) is 15.0. The Morgan fingerprint density at radius 1 is 1.33 bits per heavy atom. The summed E-state index contributed by atoms with van der Waals surface area (Å²) in [5.41, 5.74) is 1.53. The highest BCUT2D eigenvalue weighted by Gasteiger charge is 2.23. The standard InChI is InChI=1S/C16H16N2O2S/c1-4-18(15(19)12-9-10(2)20-11(12)3)16-17-13-7-5-6-8-14(13)21-16/h5-9H,4H2,1-3H3. The summed E-state index contributed by atoms with van der Waals surface area (Å²) in [6.45, 7) is 6.18. The van der Waals surface area contributed by atoms with Crippen molar-refractivity contribution in [2.45, 2.75) is 20.8 Å². The molecule has 0 aliphatic rings. The summed E-state index contributed by atoms with van der Waals surface area (Å²) in [4.78, 5) is 19.0. The van der Waals surface area contributed by atoms with E-state index in [9.17, 15) is 4.79 Å². The lowest BCUT2D eigenvalue weighted by Crippen LogP contribution is -2.30. The van der Waals surface area contributed by atoms with Crippen molar-refractivity contribution in [3.8, 4) is 0 Å². The number of nitrogens with zero attached hydrogens (tertiary/aromatic N) is 2. The summed E-state index contributed by atoms with van der Waals surface area (Å²) in [7, 11) is 0. The minimum absolute atomic E-state index is 0.0640. The monoisotopic (exact) mass is 300 g/mol. The van der Waals surface area contributed by atoms with Crippen molar-refractivity contribution in [2.24, 2.45) is 0 Å². The molecule has 0 N–H and O–H groups in total. The molecular weight excluding hydrogens is 284 g/mol. The van der Waals surface area contributed by atoms with Gasteiger partial charge in [-0.05, 0) is 39.0 Å². The first kappa shape index (κ1) is 13.8. The number of anilines is 1. The van der Waals surface area contributed by atoms with Crippen LogP contribution in [0.15, 0.2) is 34.7 Å². The molecule has 0 bridgehead atoms. The molecule has 0 saturated carbocycles. The molecule has 3 rings (SSSR count). The van der Waals surface area contributed by atoms with Crippen molar-refractivity contribution >= 4 is 32.6 Å². The fraction of sp³-hybridized carbons (Fsp3) is 0.250. The van der Waals surface area contributed by atoms with Crippen molar-refractivity contribution in [3.05, 3.63) is 47.4 Å². The largest absolute Gasteiger partial charge is 0.466 e. The Morgan fingerprint density at radius 2 is 2.10 bits per heavy atom. The predicted molar refractivity (Wildman–Crippen MR) is 85.2 cm³/mol. The van der Waals surface area contributed by atoms with Crippen LogP contribution in [0.4, 0.5) is 5.13 Å². The minimum Gasteiger partial charge on any atom is -0.466 e. The number of aryl methyl sites for hydroxylation is 2. The minimum atomic E-state index is -0.0640. The Kier molecular flexibility index (Phi) is 3.51. The van der Waals surface area contributed by atoms with E-state index in [1.54, 1.807) is 11.0 Å². The van der Waals surface area contributed by atoms with Crippen LogP contribution in [0.5, 0.6) is 0 Å². The Labute approximate surface area is 127 Å². The van der Waals surface area contributed by atoms with Gasteiger partial charge in [-0.25, -0.2) is 4.98 Å². The fourth-order valence-electron chi connectivity index (χ4n) is 2.33. The molecule has 0 unspecified atom stereocenters. The molecular formula is C16H16N2O2S. The van der Waals surface area contributed by atoms with Crippen LogP contribution >= 0.6 is 11.3 Å². The highest BCUT2D eigenvalue weighted by molar-refractivity contribution is 7.22. The summed E-state index contributed by atoms with van der Waals surface area (Å²) in [6.07, 6.45) is 0. The van der Waals surface area contributed by atoms with Gasteiger partial charge >= 0.3 is 0 Å².